The summed E-state index contributed by atoms with van der Waals surface area (Å²) in [4.78, 5) is 0. The van der Waals surface area contributed by atoms with E-state index in [-0.39, 0.29) is 7.92 Å². The molecule has 3 aliphatic rings. The predicted octanol–water partition coefficient (Wildman–Crippen LogP) is 4.25. The zero-order valence-electron chi connectivity index (χ0n) is 11.3. The van der Waals surface area contributed by atoms with E-state index < -0.39 is 0 Å². The monoisotopic (exact) mass is 258 g/mol. The fourth-order valence-electron chi connectivity index (χ4n) is 5.18. The van der Waals surface area contributed by atoms with Crippen LogP contribution in [0.1, 0.15) is 32.1 Å². The molecule has 2 bridgehead atoms. The van der Waals surface area contributed by atoms with Gasteiger partial charge in [0.15, 0.2) is 0 Å². The van der Waals surface area contributed by atoms with Crippen LogP contribution in [0, 0.1) is 23.7 Å². The van der Waals surface area contributed by atoms with Gasteiger partial charge in [-0.3, -0.25) is 0 Å². The Hall–Kier alpha value is -0.350. The molecule has 0 aliphatic heterocycles. The number of benzene rings is 1. The van der Waals surface area contributed by atoms with Gasteiger partial charge < -0.3 is 0 Å². The lowest BCUT2D eigenvalue weighted by atomic mass is 9.82. The van der Waals surface area contributed by atoms with E-state index in [2.05, 4.69) is 37.0 Å². The van der Waals surface area contributed by atoms with E-state index in [0.717, 1.165) is 29.3 Å². The second-order valence-corrected chi connectivity index (χ2v) is 9.20. The summed E-state index contributed by atoms with van der Waals surface area (Å²) in [6.45, 7) is 2.53. The molecule has 0 heterocycles. The summed E-state index contributed by atoms with van der Waals surface area (Å²) in [5.74, 6) is 4.51. The Balaban J connectivity index is 1.52. The molecule has 3 fully saturated rings. The average Bonchev–Trinajstić information content (AvgIpc) is 3.10. The van der Waals surface area contributed by atoms with Crippen molar-refractivity contribution in [3.63, 3.8) is 0 Å². The van der Waals surface area contributed by atoms with Crippen LogP contribution in [-0.2, 0) is 0 Å². The van der Waals surface area contributed by atoms with Gasteiger partial charge in [-0.25, -0.2) is 0 Å². The molecule has 3 saturated carbocycles. The Morgan fingerprint density at radius 1 is 0.889 bits per heavy atom. The molecule has 96 valence electrons. The summed E-state index contributed by atoms with van der Waals surface area (Å²) >= 11 is 0. The normalized spacial score (nSPS) is 43.1. The minimum atomic E-state index is 0.0878. The van der Waals surface area contributed by atoms with Gasteiger partial charge in [-0.1, -0.05) is 38.3 Å². The van der Waals surface area contributed by atoms with E-state index in [1.807, 2.05) is 0 Å². The van der Waals surface area contributed by atoms with Gasteiger partial charge in [-0.2, -0.15) is 0 Å². The lowest BCUT2D eigenvalue weighted by molar-refractivity contribution is 0.259. The molecule has 5 atom stereocenters. The van der Waals surface area contributed by atoms with Gasteiger partial charge >= 0.3 is 0 Å². The molecule has 1 aromatic carbocycles. The first kappa shape index (κ1) is 11.5. The van der Waals surface area contributed by atoms with Crippen molar-refractivity contribution in [2.75, 3.05) is 6.66 Å². The summed E-state index contributed by atoms with van der Waals surface area (Å²) in [5.41, 5.74) is 1.03. The van der Waals surface area contributed by atoms with Crippen LogP contribution < -0.4 is 5.30 Å². The van der Waals surface area contributed by atoms with E-state index in [4.69, 9.17) is 0 Å². The Labute approximate surface area is 112 Å². The smallest absolute Gasteiger partial charge is 0.0166 e. The molecular weight excluding hydrogens is 235 g/mol. The van der Waals surface area contributed by atoms with Crippen LogP contribution in [0.5, 0.6) is 0 Å². The standard InChI is InChI=1S/C17H23P/c1-18(14-5-3-2-4-6-14)15-10-16-12-7-8-13(9-12)17(16)11-15/h2-6,12-13,15-17H,7-11H2,1H3. The second kappa shape index (κ2) is 4.34. The minimum absolute atomic E-state index is 0.0878. The van der Waals surface area contributed by atoms with E-state index in [0.29, 0.717) is 0 Å². The third-order valence-electron chi connectivity index (χ3n) is 6.07. The first-order valence-electron chi connectivity index (χ1n) is 7.61. The van der Waals surface area contributed by atoms with E-state index >= 15 is 0 Å². The molecule has 1 aromatic rings. The van der Waals surface area contributed by atoms with Crippen LogP contribution in [-0.4, -0.2) is 12.3 Å². The Kier molecular flexibility index (Phi) is 2.77. The third kappa shape index (κ3) is 1.68. The maximum atomic E-state index is 2.53. The number of hydrogen-bond acceptors (Lipinski definition) is 0. The van der Waals surface area contributed by atoms with Crippen LogP contribution in [0.2, 0.25) is 0 Å². The van der Waals surface area contributed by atoms with Crippen LogP contribution >= 0.6 is 7.92 Å². The highest BCUT2D eigenvalue weighted by Gasteiger charge is 2.52. The molecule has 3 aliphatic carbocycles. The van der Waals surface area contributed by atoms with E-state index in [1.165, 1.54) is 0 Å². The zero-order chi connectivity index (χ0) is 12.1. The molecular formula is C17H23P. The highest BCUT2D eigenvalue weighted by molar-refractivity contribution is 7.65. The topological polar surface area (TPSA) is 0 Å². The first-order chi connectivity index (χ1) is 8.83. The summed E-state index contributed by atoms with van der Waals surface area (Å²) in [5, 5.41) is 1.63. The predicted molar refractivity (Wildman–Crippen MR) is 79.8 cm³/mol. The van der Waals surface area contributed by atoms with Crippen molar-refractivity contribution in [3.8, 4) is 0 Å². The maximum Gasteiger partial charge on any atom is -0.0166 e. The van der Waals surface area contributed by atoms with Crippen molar-refractivity contribution in [2.45, 2.75) is 37.8 Å². The summed E-state index contributed by atoms with van der Waals surface area (Å²) in [7, 11) is 0.0878. The molecule has 0 N–H and O–H groups in total. The summed E-state index contributed by atoms with van der Waals surface area (Å²) in [6, 6.07) is 11.3. The van der Waals surface area contributed by atoms with Gasteiger partial charge in [0.05, 0.1) is 0 Å². The van der Waals surface area contributed by atoms with Gasteiger partial charge in [0.25, 0.3) is 0 Å². The number of hydrogen-bond donors (Lipinski definition) is 0. The fraction of sp³-hybridized carbons (Fsp3) is 0.647. The maximum absolute atomic E-state index is 2.53. The fourth-order valence-corrected chi connectivity index (χ4v) is 7.36. The van der Waals surface area contributed by atoms with Crippen molar-refractivity contribution in [1.82, 2.24) is 0 Å². The minimum Gasteiger partial charge on any atom is -0.0753 e. The number of fused-ring (bicyclic) bond motifs is 5. The van der Waals surface area contributed by atoms with Gasteiger partial charge in [0.1, 0.15) is 0 Å². The van der Waals surface area contributed by atoms with Crippen LogP contribution in [0.15, 0.2) is 30.3 Å². The van der Waals surface area contributed by atoms with Crippen LogP contribution in [0.3, 0.4) is 0 Å². The lowest BCUT2D eigenvalue weighted by Gasteiger charge is -2.23. The van der Waals surface area contributed by atoms with Gasteiger partial charge in [-0.05, 0) is 73.4 Å². The highest BCUT2D eigenvalue weighted by Crippen LogP contribution is 2.62. The van der Waals surface area contributed by atoms with Crippen LogP contribution in [0.25, 0.3) is 0 Å². The van der Waals surface area contributed by atoms with Gasteiger partial charge in [0.2, 0.25) is 0 Å². The Bertz CT molecular complexity index is 408. The average molecular weight is 258 g/mol. The third-order valence-corrected chi connectivity index (χ3v) is 8.70. The molecule has 0 nitrogen and oxygen atoms in total. The molecule has 4 rings (SSSR count). The largest absolute Gasteiger partial charge is 0.0753 e. The zero-order valence-corrected chi connectivity index (χ0v) is 12.2. The molecule has 0 amide bonds. The molecule has 0 aromatic heterocycles. The van der Waals surface area contributed by atoms with Crippen molar-refractivity contribution in [1.29, 1.82) is 0 Å². The highest BCUT2D eigenvalue weighted by atomic mass is 31.1. The van der Waals surface area contributed by atoms with Gasteiger partial charge in [-0.15, -0.1) is 0 Å². The molecule has 0 radical (unpaired) electrons. The second-order valence-electron chi connectivity index (χ2n) is 6.73. The van der Waals surface area contributed by atoms with Crippen molar-refractivity contribution >= 4 is 13.2 Å². The van der Waals surface area contributed by atoms with E-state index in [1.54, 1.807) is 37.4 Å². The van der Waals surface area contributed by atoms with Gasteiger partial charge in [0, 0.05) is 0 Å². The SMILES string of the molecule is CP(c1ccccc1)C1CC2C3CCC(C3)C2C1. The molecule has 0 spiro atoms. The first-order valence-corrected chi connectivity index (χ1v) is 9.46. The van der Waals surface area contributed by atoms with Crippen molar-refractivity contribution in [3.05, 3.63) is 30.3 Å². The molecule has 18 heavy (non-hydrogen) atoms. The lowest BCUT2D eigenvalue weighted by Crippen LogP contribution is -2.15. The van der Waals surface area contributed by atoms with Crippen LogP contribution in [0.4, 0.5) is 0 Å². The summed E-state index contributed by atoms with van der Waals surface area (Å²) in [6.07, 6.45) is 7.83. The number of rotatable bonds is 2. The molecule has 1 heteroatoms. The van der Waals surface area contributed by atoms with Crippen molar-refractivity contribution < 1.29 is 0 Å². The Morgan fingerprint density at radius 3 is 2.11 bits per heavy atom. The van der Waals surface area contributed by atoms with E-state index in [9.17, 15) is 0 Å². The molecule has 0 saturated heterocycles. The Morgan fingerprint density at radius 2 is 1.50 bits per heavy atom. The quantitative estimate of drug-likeness (QED) is 0.696. The summed E-state index contributed by atoms with van der Waals surface area (Å²) < 4.78 is 0. The molecule has 5 unspecified atom stereocenters. The van der Waals surface area contributed by atoms with Crippen molar-refractivity contribution in [2.24, 2.45) is 23.7 Å².